The normalized spacial score (nSPS) is 18.3. The molecule has 0 saturated heterocycles. The number of hydrogen-bond acceptors (Lipinski definition) is 3. The van der Waals surface area contributed by atoms with Crippen molar-refractivity contribution in [3.05, 3.63) is 207 Å². The van der Waals surface area contributed by atoms with Crippen LogP contribution in [0.5, 0.6) is 0 Å². The van der Waals surface area contributed by atoms with E-state index in [2.05, 4.69) is 251 Å². The van der Waals surface area contributed by atoms with Gasteiger partial charge in [0.1, 0.15) is 0 Å². The molecule has 9 aromatic rings. The molecule has 1 unspecified atom stereocenters. The van der Waals surface area contributed by atoms with Crippen molar-refractivity contribution >= 4 is 88.7 Å². The molecule has 3 heterocycles. The molecule has 8 aromatic carbocycles. The number of nitrogens with zero attached hydrogens (tertiary/aromatic N) is 2. The zero-order valence-corrected chi connectivity index (χ0v) is 47.5. The summed E-state index contributed by atoms with van der Waals surface area (Å²) in [6.45, 7) is 31.9. The van der Waals surface area contributed by atoms with Crippen LogP contribution < -0.4 is 26.2 Å². The maximum atomic E-state index is 2.73. The highest BCUT2D eigenvalue weighted by Gasteiger charge is 2.49. The van der Waals surface area contributed by atoms with E-state index < -0.39 is 0 Å². The average molecular weight is 997 g/mol. The van der Waals surface area contributed by atoms with Crippen LogP contribution in [0.25, 0.3) is 20.2 Å². The minimum Gasteiger partial charge on any atom is -0.311 e. The Morgan fingerprint density at radius 2 is 1.17 bits per heavy atom. The average Bonchev–Trinajstić information content (AvgIpc) is 3.87. The molecule has 1 atom stereocenters. The molecule has 0 bridgehead atoms. The van der Waals surface area contributed by atoms with E-state index >= 15 is 0 Å². The molecule has 0 amide bonds. The third-order valence-electron chi connectivity index (χ3n) is 18.6. The van der Waals surface area contributed by atoms with Gasteiger partial charge in [-0.05, 0) is 194 Å². The SMILES string of the molecule is Cc1cc2c3c(c1)N(c1cc(C(C)(C)C)c4sc5ccccc5c4c1)c1cc(N(c4ccccc4)c4ccccc4)ccc1B3c1cc3c(cc1C2Cc1cc2c(cc1C)C(C)(C)CCC2(C)C)C(C)(C)CC3(C)C. The van der Waals surface area contributed by atoms with E-state index in [4.69, 9.17) is 0 Å². The zero-order chi connectivity index (χ0) is 52.3. The van der Waals surface area contributed by atoms with Crippen LogP contribution in [-0.4, -0.2) is 6.71 Å². The lowest BCUT2D eigenvalue weighted by Gasteiger charge is -2.45. The first kappa shape index (κ1) is 48.3. The van der Waals surface area contributed by atoms with Gasteiger partial charge in [-0.25, -0.2) is 0 Å². The number of thiophene rings is 1. The monoisotopic (exact) mass is 997 g/mol. The molecule has 0 saturated carbocycles. The first-order valence-electron chi connectivity index (χ1n) is 27.9. The Hall–Kier alpha value is -6.36. The standard InChI is InChI=1S/C71H73BN2S/c1-43-32-53-51(35-45-36-56-55(34-44(45)2)68(6,7)30-31-69(56,8)9)52-40-57-58(71(12,13)42-70(57,10)11)41-61(52)72-60-29-28-48(73(46-22-16-14-17-23-46)47-24-18-15-19-25-47)39-62(60)74(63(33-43)65(53)72)49-37-54-50-26-20-21-27-64(50)75-66(54)59(38-49)67(3,4)5/h14-29,32-34,36-41,51H,30-31,35,42H2,1-13H3. The molecule has 75 heavy (non-hydrogen) atoms. The number of fused-ring (bicyclic) bond motifs is 9. The van der Waals surface area contributed by atoms with Crippen molar-refractivity contribution in [1.82, 2.24) is 0 Å². The van der Waals surface area contributed by atoms with Crippen molar-refractivity contribution in [2.45, 2.75) is 149 Å². The summed E-state index contributed by atoms with van der Waals surface area (Å²) in [5, 5.41) is 2.67. The molecule has 2 aliphatic carbocycles. The maximum absolute atomic E-state index is 2.73. The predicted molar refractivity (Wildman–Crippen MR) is 326 cm³/mol. The second-order valence-electron chi connectivity index (χ2n) is 26.8. The highest BCUT2D eigenvalue weighted by Crippen LogP contribution is 2.54. The molecule has 0 spiro atoms. The Morgan fingerprint density at radius 1 is 0.560 bits per heavy atom. The number of aryl methyl sites for hydroxylation is 2. The lowest BCUT2D eigenvalue weighted by atomic mass is 9.31. The van der Waals surface area contributed by atoms with Crippen molar-refractivity contribution in [2.75, 3.05) is 9.80 Å². The summed E-state index contributed by atoms with van der Waals surface area (Å²) >= 11 is 1.95. The zero-order valence-electron chi connectivity index (χ0n) is 46.7. The second-order valence-corrected chi connectivity index (χ2v) is 27.9. The predicted octanol–water partition coefficient (Wildman–Crippen LogP) is 17.7. The molecule has 4 heteroatoms. The summed E-state index contributed by atoms with van der Waals surface area (Å²) in [4.78, 5) is 5.14. The molecule has 2 aliphatic heterocycles. The van der Waals surface area contributed by atoms with E-state index in [1.165, 1.54) is 111 Å². The largest absolute Gasteiger partial charge is 0.311 e. The molecule has 2 nitrogen and oxygen atoms in total. The molecule has 376 valence electrons. The van der Waals surface area contributed by atoms with E-state index in [9.17, 15) is 0 Å². The maximum Gasteiger partial charge on any atom is 0.247 e. The number of benzene rings is 8. The third kappa shape index (κ3) is 7.54. The highest BCUT2D eigenvalue weighted by atomic mass is 32.1. The first-order valence-corrected chi connectivity index (χ1v) is 28.7. The Kier molecular flexibility index (Phi) is 10.7. The van der Waals surface area contributed by atoms with E-state index in [-0.39, 0.29) is 39.7 Å². The van der Waals surface area contributed by atoms with Crippen LogP contribution in [0.2, 0.25) is 0 Å². The summed E-state index contributed by atoms with van der Waals surface area (Å²) in [5.41, 5.74) is 26.7. The molecule has 0 N–H and O–H groups in total. The molecular weight excluding hydrogens is 924 g/mol. The summed E-state index contributed by atoms with van der Waals surface area (Å²) in [5.74, 6) is 0.175. The minimum atomic E-state index is -0.0942. The van der Waals surface area contributed by atoms with Crippen molar-refractivity contribution in [1.29, 1.82) is 0 Å². The van der Waals surface area contributed by atoms with Crippen molar-refractivity contribution in [3.8, 4) is 0 Å². The summed E-state index contributed by atoms with van der Waals surface area (Å²) in [6, 6.07) is 59.3. The van der Waals surface area contributed by atoms with Gasteiger partial charge in [-0.15, -0.1) is 11.3 Å². The third-order valence-corrected chi connectivity index (χ3v) is 19.8. The van der Waals surface area contributed by atoms with E-state index in [0.29, 0.717) is 0 Å². The summed E-state index contributed by atoms with van der Waals surface area (Å²) in [6.07, 6.45) is 4.53. The lowest BCUT2D eigenvalue weighted by Crippen LogP contribution is -2.62. The Balaban J connectivity index is 1.12. The van der Waals surface area contributed by atoms with Gasteiger partial charge in [0, 0.05) is 60.2 Å². The fourth-order valence-corrected chi connectivity index (χ4v) is 16.3. The topological polar surface area (TPSA) is 6.48 Å². The van der Waals surface area contributed by atoms with E-state index in [1.807, 2.05) is 11.3 Å². The van der Waals surface area contributed by atoms with Crippen LogP contribution in [0, 0.1) is 13.8 Å². The molecule has 1 aromatic heterocycles. The van der Waals surface area contributed by atoms with Gasteiger partial charge in [-0.3, -0.25) is 0 Å². The Morgan fingerprint density at radius 3 is 1.84 bits per heavy atom. The Labute approximate surface area is 451 Å². The fraction of sp³-hybridized carbons (Fsp3) is 0.324. The number of rotatable bonds is 6. The molecule has 4 aliphatic rings. The number of hydrogen-bond donors (Lipinski definition) is 0. The lowest BCUT2D eigenvalue weighted by molar-refractivity contribution is 0.331. The smallest absolute Gasteiger partial charge is 0.247 e. The van der Waals surface area contributed by atoms with E-state index in [1.54, 1.807) is 11.1 Å². The van der Waals surface area contributed by atoms with Gasteiger partial charge in [0.05, 0.1) is 0 Å². The van der Waals surface area contributed by atoms with Crippen molar-refractivity contribution < 1.29 is 0 Å². The van der Waals surface area contributed by atoms with Crippen LogP contribution in [0.1, 0.15) is 157 Å². The van der Waals surface area contributed by atoms with Gasteiger partial charge in [0.2, 0.25) is 6.71 Å². The first-order chi connectivity index (χ1) is 35.6. The van der Waals surface area contributed by atoms with Crippen molar-refractivity contribution in [2.24, 2.45) is 0 Å². The summed E-state index contributed by atoms with van der Waals surface area (Å²) < 4.78 is 2.73. The molecule has 0 fully saturated rings. The number of para-hydroxylation sites is 2. The van der Waals surface area contributed by atoms with Gasteiger partial charge in [-0.1, -0.05) is 173 Å². The van der Waals surface area contributed by atoms with Gasteiger partial charge < -0.3 is 9.80 Å². The van der Waals surface area contributed by atoms with Gasteiger partial charge in [-0.2, -0.15) is 0 Å². The molecular formula is C71H73BN2S. The van der Waals surface area contributed by atoms with Crippen molar-refractivity contribution in [3.63, 3.8) is 0 Å². The van der Waals surface area contributed by atoms with Gasteiger partial charge in [0.15, 0.2) is 0 Å². The van der Waals surface area contributed by atoms with Gasteiger partial charge >= 0.3 is 0 Å². The van der Waals surface area contributed by atoms with Crippen LogP contribution in [-0.2, 0) is 33.5 Å². The molecule has 13 rings (SSSR count). The highest BCUT2D eigenvalue weighted by molar-refractivity contribution is 7.26. The quantitative estimate of drug-likeness (QED) is 0.153. The number of anilines is 6. The summed E-state index contributed by atoms with van der Waals surface area (Å²) in [7, 11) is 0. The molecule has 0 radical (unpaired) electrons. The van der Waals surface area contributed by atoms with E-state index in [0.717, 1.165) is 29.9 Å². The van der Waals surface area contributed by atoms with Crippen LogP contribution in [0.15, 0.2) is 152 Å². The second kappa shape index (κ2) is 16.6. The van der Waals surface area contributed by atoms with Crippen LogP contribution in [0.3, 0.4) is 0 Å². The minimum absolute atomic E-state index is 0.0472. The Bertz CT molecular complexity index is 3770. The fourth-order valence-electron chi connectivity index (χ4n) is 14.9. The van der Waals surface area contributed by atoms with Crippen LogP contribution in [0.4, 0.5) is 34.1 Å². The van der Waals surface area contributed by atoms with Gasteiger partial charge in [0.25, 0.3) is 0 Å². The van der Waals surface area contributed by atoms with Crippen LogP contribution >= 0.6 is 11.3 Å².